The fraction of sp³-hybridized carbons (Fsp3) is 0. The Bertz CT molecular complexity index is 757. The largest absolute Gasteiger partial charge is 0.368 e. The third-order valence-corrected chi connectivity index (χ3v) is 3.08. The minimum atomic E-state index is 0.0801. The van der Waals surface area contributed by atoms with Gasteiger partial charge in [0.2, 0.25) is 5.95 Å². The Hall–Kier alpha value is -2.18. The first-order valence-electron chi connectivity index (χ1n) is 5.60. The minimum absolute atomic E-state index is 0.0801. The van der Waals surface area contributed by atoms with E-state index in [0.29, 0.717) is 27.4 Å². The van der Waals surface area contributed by atoms with E-state index >= 15 is 0 Å². The quantitative estimate of drug-likeness (QED) is 0.787. The molecular formula is C12H8Cl2N6. The van der Waals surface area contributed by atoms with Crippen LogP contribution in [0.3, 0.4) is 0 Å². The molecule has 2 heterocycles. The van der Waals surface area contributed by atoms with Gasteiger partial charge < -0.3 is 5.73 Å². The molecule has 0 fully saturated rings. The Labute approximate surface area is 124 Å². The van der Waals surface area contributed by atoms with E-state index in [1.807, 2.05) is 0 Å². The van der Waals surface area contributed by atoms with Crippen molar-refractivity contribution < 1.29 is 0 Å². The Morgan fingerprint density at radius 3 is 2.70 bits per heavy atom. The number of anilines is 1. The highest BCUT2D eigenvalue weighted by atomic mass is 35.5. The molecule has 0 aliphatic carbocycles. The highest BCUT2D eigenvalue weighted by molar-refractivity contribution is 6.35. The molecule has 0 bridgehead atoms. The molecule has 3 rings (SSSR count). The van der Waals surface area contributed by atoms with Gasteiger partial charge in [0.05, 0.1) is 5.02 Å². The van der Waals surface area contributed by atoms with E-state index in [9.17, 15) is 0 Å². The van der Waals surface area contributed by atoms with Crippen molar-refractivity contribution in [3.8, 4) is 17.3 Å². The molecule has 0 aliphatic rings. The van der Waals surface area contributed by atoms with Crippen molar-refractivity contribution in [2.75, 3.05) is 5.73 Å². The summed E-state index contributed by atoms with van der Waals surface area (Å²) in [6.07, 6.45) is 3.32. The van der Waals surface area contributed by atoms with Gasteiger partial charge >= 0.3 is 0 Å². The van der Waals surface area contributed by atoms with Crippen LogP contribution in [-0.4, -0.2) is 24.7 Å². The standard InChI is InChI=1S/C12H8Cl2N6/c13-7-2-3-9(14)8(6-7)10-17-11(15)19-12(18-10)20-5-1-4-16-20/h1-6H,(H2,15,17,18,19). The van der Waals surface area contributed by atoms with E-state index in [4.69, 9.17) is 28.9 Å². The molecule has 20 heavy (non-hydrogen) atoms. The Kier molecular flexibility index (Phi) is 3.25. The Balaban J connectivity index is 2.17. The molecule has 0 atom stereocenters. The topological polar surface area (TPSA) is 82.5 Å². The molecule has 6 nitrogen and oxygen atoms in total. The monoisotopic (exact) mass is 306 g/mol. The average molecular weight is 307 g/mol. The SMILES string of the molecule is Nc1nc(-c2cc(Cl)ccc2Cl)nc(-n2cccn2)n1. The molecule has 100 valence electrons. The lowest BCUT2D eigenvalue weighted by molar-refractivity contribution is 0.801. The van der Waals surface area contributed by atoms with Gasteiger partial charge in [-0.1, -0.05) is 23.2 Å². The number of nitrogens with zero attached hydrogens (tertiary/aromatic N) is 5. The molecule has 2 N–H and O–H groups in total. The van der Waals surface area contributed by atoms with Crippen LogP contribution in [0.15, 0.2) is 36.7 Å². The van der Waals surface area contributed by atoms with Gasteiger partial charge in [0.1, 0.15) is 0 Å². The highest BCUT2D eigenvalue weighted by Gasteiger charge is 2.12. The number of nitrogens with two attached hydrogens (primary N) is 1. The van der Waals surface area contributed by atoms with Gasteiger partial charge in [-0.05, 0) is 24.3 Å². The lowest BCUT2D eigenvalue weighted by Crippen LogP contribution is -2.08. The summed E-state index contributed by atoms with van der Waals surface area (Å²) < 4.78 is 1.49. The zero-order valence-electron chi connectivity index (χ0n) is 10.0. The zero-order valence-corrected chi connectivity index (χ0v) is 11.5. The first kappa shape index (κ1) is 12.8. The molecule has 8 heteroatoms. The normalized spacial score (nSPS) is 10.7. The Morgan fingerprint density at radius 2 is 1.95 bits per heavy atom. The molecule has 3 aromatic rings. The van der Waals surface area contributed by atoms with Crippen molar-refractivity contribution in [2.24, 2.45) is 0 Å². The summed E-state index contributed by atoms with van der Waals surface area (Å²) in [5.41, 5.74) is 6.30. The van der Waals surface area contributed by atoms with Gasteiger partial charge in [-0.25, -0.2) is 4.68 Å². The number of hydrogen-bond acceptors (Lipinski definition) is 5. The summed E-state index contributed by atoms with van der Waals surface area (Å²) in [5.74, 6) is 0.737. The molecule has 1 aromatic carbocycles. The summed E-state index contributed by atoms with van der Waals surface area (Å²) in [7, 11) is 0. The maximum Gasteiger partial charge on any atom is 0.255 e. The molecule has 2 aromatic heterocycles. The van der Waals surface area contributed by atoms with Gasteiger partial charge in [-0.3, -0.25) is 0 Å². The fourth-order valence-electron chi connectivity index (χ4n) is 1.66. The number of halogens is 2. The van der Waals surface area contributed by atoms with Crippen LogP contribution in [0.2, 0.25) is 10.0 Å². The first-order valence-corrected chi connectivity index (χ1v) is 6.36. The molecule has 0 amide bonds. The van der Waals surface area contributed by atoms with E-state index in [1.165, 1.54) is 4.68 Å². The van der Waals surface area contributed by atoms with Gasteiger partial charge in [0.25, 0.3) is 5.95 Å². The van der Waals surface area contributed by atoms with Gasteiger partial charge in [-0.2, -0.15) is 20.1 Å². The van der Waals surface area contributed by atoms with Crippen molar-refractivity contribution in [1.29, 1.82) is 0 Å². The molecule has 0 spiro atoms. The van der Waals surface area contributed by atoms with Crippen molar-refractivity contribution in [3.05, 3.63) is 46.7 Å². The van der Waals surface area contributed by atoms with E-state index in [1.54, 1.807) is 36.7 Å². The number of aromatic nitrogens is 5. The van der Waals surface area contributed by atoms with Crippen LogP contribution in [0.5, 0.6) is 0 Å². The van der Waals surface area contributed by atoms with E-state index < -0.39 is 0 Å². The van der Waals surface area contributed by atoms with E-state index in [-0.39, 0.29) is 5.95 Å². The predicted molar refractivity (Wildman–Crippen MR) is 76.8 cm³/mol. The fourth-order valence-corrected chi connectivity index (χ4v) is 2.03. The van der Waals surface area contributed by atoms with Gasteiger partial charge in [0.15, 0.2) is 5.82 Å². The summed E-state index contributed by atoms with van der Waals surface area (Å²) >= 11 is 12.1. The van der Waals surface area contributed by atoms with Crippen LogP contribution < -0.4 is 5.73 Å². The predicted octanol–water partition coefficient (Wildman–Crippen LogP) is 2.61. The maximum atomic E-state index is 6.14. The van der Waals surface area contributed by atoms with E-state index in [2.05, 4.69) is 20.1 Å². The lowest BCUT2D eigenvalue weighted by Gasteiger charge is -2.06. The summed E-state index contributed by atoms with van der Waals surface area (Å²) in [5, 5.41) is 5.06. The third kappa shape index (κ3) is 2.43. The van der Waals surface area contributed by atoms with Gasteiger partial charge in [0, 0.05) is 23.0 Å². The first-order chi connectivity index (χ1) is 9.63. The molecular weight excluding hydrogens is 299 g/mol. The smallest absolute Gasteiger partial charge is 0.255 e. The molecule has 0 unspecified atom stereocenters. The van der Waals surface area contributed by atoms with Crippen molar-refractivity contribution in [3.63, 3.8) is 0 Å². The van der Waals surface area contributed by atoms with Crippen LogP contribution in [-0.2, 0) is 0 Å². The molecule has 0 radical (unpaired) electrons. The molecule has 0 aliphatic heterocycles. The molecule has 0 saturated carbocycles. The number of benzene rings is 1. The van der Waals surface area contributed by atoms with Crippen LogP contribution in [0, 0.1) is 0 Å². The van der Waals surface area contributed by atoms with Crippen LogP contribution in [0.4, 0.5) is 5.95 Å². The second kappa shape index (κ2) is 5.07. The number of hydrogen-bond donors (Lipinski definition) is 1. The average Bonchev–Trinajstić information content (AvgIpc) is 2.95. The van der Waals surface area contributed by atoms with Gasteiger partial charge in [-0.15, -0.1) is 0 Å². The zero-order chi connectivity index (χ0) is 14.1. The minimum Gasteiger partial charge on any atom is -0.368 e. The number of nitrogen functional groups attached to an aromatic ring is 1. The summed E-state index contributed by atoms with van der Waals surface area (Å²) in [6, 6.07) is 6.79. The maximum absolute atomic E-state index is 6.14. The Morgan fingerprint density at radius 1 is 1.10 bits per heavy atom. The van der Waals surface area contributed by atoms with Crippen LogP contribution in [0.25, 0.3) is 17.3 Å². The lowest BCUT2D eigenvalue weighted by atomic mass is 10.2. The summed E-state index contributed by atoms with van der Waals surface area (Å²) in [4.78, 5) is 12.4. The second-order valence-corrected chi connectivity index (χ2v) is 4.74. The van der Waals surface area contributed by atoms with Crippen molar-refractivity contribution >= 4 is 29.2 Å². The highest BCUT2D eigenvalue weighted by Crippen LogP contribution is 2.28. The van der Waals surface area contributed by atoms with Crippen molar-refractivity contribution in [1.82, 2.24) is 24.7 Å². The third-order valence-electron chi connectivity index (χ3n) is 2.52. The molecule has 0 saturated heterocycles. The van der Waals surface area contributed by atoms with Crippen LogP contribution >= 0.6 is 23.2 Å². The van der Waals surface area contributed by atoms with Crippen molar-refractivity contribution in [2.45, 2.75) is 0 Å². The van der Waals surface area contributed by atoms with E-state index in [0.717, 1.165) is 0 Å². The second-order valence-electron chi connectivity index (χ2n) is 3.89. The van der Waals surface area contributed by atoms with Crippen LogP contribution in [0.1, 0.15) is 0 Å². The number of rotatable bonds is 2. The summed E-state index contributed by atoms with van der Waals surface area (Å²) in [6.45, 7) is 0.